The van der Waals surface area contributed by atoms with Crippen LogP contribution in [0.1, 0.15) is 16.7 Å². The Morgan fingerprint density at radius 2 is 2.32 bits per heavy atom. The Morgan fingerprint density at radius 1 is 1.47 bits per heavy atom. The Labute approximate surface area is 117 Å². The molecule has 1 N–H and O–H groups in total. The van der Waals surface area contributed by atoms with Crippen molar-refractivity contribution >= 4 is 23.3 Å². The lowest BCUT2D eigenvalue weighted by atomic mass is 10.0. The fraction of sp³-hybridized carbons (Fsp3) is 0.429. The number of carbonyl (C=O) groups excluding carboxylic acids is 1. The van der Waals surface area contributed by atoms with Gasteiger partial charge in [-0.2, -0.15) is 14.2 Å². The van der Waals surface area contributed by atoms with Crippen LogP contribution in [0, 0.1) is 13.8 Å². The third-order valence-corrected chi connectivity index (χ3v) is 4.08. The van der Waals surface area contributed by atoms with Crippen LogP contribution in [0.4, 0.5) is 4.79 Å². The molecule has 4 nitrogen and oxygen atoms in total. The minimum atomic E-state index is -0.189. The number of hydrogen-bond donors (Lipinski definition) is 1. The zero-order valence-electron chi connectivity index (χ0n) is 11.3. The van der Waals surface area contributed by atoms with Gasteiger partial charge < -0.3 is 0 Å². The molecule has 0 unspecified atom stereocenters. The summed E-state index contributed by atoms with van der Waals surface area (Å²) >= 11 is 1.63. The van der Waals surface area contributed by atoms with E-state index in [9.17, 15) is 4.79 Å². The lowest BCUT2D eigenvalue weighted by molar-refractivity contribution is -0.418. The summed E-state index contributed by atoms with van der Waals surface area (Å²) in [7, 11) is 0. The van der Waals surface area contributed by atoms with Crippen molar-refractivity contribution in [2.24, 2.45) is 0 Å². The molecule has 1 aromatic rings. The average molecular weight is 279 g/mol. The van der Waals surface area contributed by atoms with Crippen molar-refractivity contribution in [2.75, 3.05) is 18.9 Å². The second-order valence-corrected chi connectivity index (χ2v) is 5.49. The average Bonchev–Trinajstić information content (AvgIpc) is 2.93. The topological polar surface area (TPSA) is 41.3 Å². The minimum absolute atomic E-state index is 0.189. The number of hydroxylamine groups is 1. The second kappa shape index (κ2) is 6.73. The zero-order valence-corrected chi connectivity index (χ0v) is 12.1. The molecule has 102 valence electrons. The van der Waals surface area contributed by atoms with Crippen molar-refractivity contribution < 1.29 is 14.2 Å². The molecule has 0 aliphatic carbocycles. The predicted octanol–water partition coefficient (Wildman–Crippen LogP) is 2.27. The van der Waals surface area contributed by atoms with Gasteiger partial charge in [0.15, 0.2) is 0 Å². The summed E-state index contributed by atoms with van der Waals surface area (Å²) in [4.78, 5) is 16.9. The fourth-order valence-electron chi connectivity index (χ4n) is 1.91. The van der Waals surface area contributed by atoms with Crippen LogP contribution < -0.4 is 5.48 Å². The van der Waals surface area contributed by atoms with E-state index in [0.717, 1.165) is 18.7 Å². The fourth-order valence-corrected chi connectivity index (χ4v) is 2.70. The molecule has 0 fully saturated rings. The van der Waals surface area contributed by atoms with E-state index in [4.69, 9.17) is 4.84 Å². The summed E-state index contributed by atoms with van der Waals surface area (Å²) in [5.41, 5.74) is 8.13. The summed E-state index contributed by atoms with van der Waals surface area (Å²) in [6.45, 7) is 5.44. The molecular formula is C14H19N2O2S+. The van der Waals surface area contributed by atoms with Crippen molar-refractivity contribution in [3.05, 3.63) is 34.9 Å². The summed E-state index contributed by atoms with van der Waals surface area (Å²) in [5.74, 6) is 0.954. The van der Waals surface area contributed by atoms with Crippen molar-refractivity contribution in [1.29, 1.82) is 0 Å². The highest BCUT2D eigenvalue weighted by Gasteiger charge is 2.19. The Hall–Kier alpha value is -1.33. The van der Waals surface area contributed by atoms with E-state index in [-0.39, 0.29) is 6.03 Å². The number of hydrogen-bond acceptors (Lipinski definition) is 3. The highest BCUT2D eigenvalue weighted by molar-refractivity contribution is 8.12. The van der Waals surface area contributed by atoms with E-state index < -0.39 is 0 Å². The van der Waals surface area contributed by atoms with Gasteiger partial charge in [-0.1, -0.05) is 35.4 Å². The lowest BCUT2D eigenvalue weighted by Gasteiger charge is -2.07. The first-order valence-corrected chi connectivity index (χ1v) is 7.42. The number of benzene rings is 1. The molecule has 0 radical (unpaired) electrons. The number of nitrogens with one attached hydrogen (secondary N) is 1. The molecule has 0 aromatic heterocycles. The number of urea groups is 1. The number of thioether (sulfide) groups is 1. The van der Waals surface area contributed by atoms with Gasteiger partial charge in [0.1, 0.15) is 18.7 Å². The molecule has 0 spiro atoms. The van der Waals surface area contributed by atoms with Crippen LogP contribution >= 0.6 is 11.8 Å². The third kappa shape index (κ3) is 3.81. The van der Waals surface area contributed by atoms with Gasteiger partial charge in [-0.05, 0) is 30.5 Å². The molecule has 0 saturated carbocycles. The molecule has 1 aliphatic heterocycles. The minimum Gasteiger partial charge on any atom is -0.194 e. The molecule has 1 aromatic carbocycles. The van der Waals surface area contributed by atoms with E-state index in [1.54, 1.807) is 16.3 Å². The quantitative estimate of drug-likeness (QED) is 0.522. The van der Waals surface area contributed by atoms with Crippen LogP contribution in [-0.4, -0.2) is 35.1 Å². The first-order chi connectivity index (χ1) is 9.18. The second-order valence-electron chi connectivity index (χ2n) is 4.53. The summed E-state index contributed by atoms with van der Waals surface area (Å²) in [5, 5.41) is 0. The van der Waals surface area contributed by atoms with Gasteiger partial charge in [-0.3, -0.25) is 0 Å². The maximum Gasteiger partial charge on any atom is 0.521 e. The first-order valence-electron chi connectivity index (χ1n) is 6.37. The standard InChI is InChI=1S/C14H18N2O2S/c1-11-4-3-5-13(12(11)2)6-8-18-15-14(17)16-7-9-19-10-16/h3-5,10H,6-9H2,1-2H3/p+1. The monoisotopic (exact) mass is 279 g/mol. The van der Waals surface area contributed by atoms with Gasteiger partial charge in [0, 0.05) is 12.2 Å². The maximum atomic E-state index is 11.6. The summed E-state index contributed by atoms with van der Waals surface area (Å²) < 4.78 is 1.63. The number of aryl methyl sites for hydroxylation is 1. The molecule has 2 amide bonds. The molecule has 5 heteroatoms. The van der Waals surface area contributed by atoms with E-state index >= 15 is 0 Å². The van der Waals surface area contributed by atoms with E-state index in [2.05, 4.69) is 31.5 Å². The number of carbonyl (C=O) groups is 1. The number of rotatable bonds is 4. The largest absolute Gasteiger partial charge is 0.521 e. The van der Waals surface area contributed by atoms with Crippen LogP contribution in [0.2, 0.25) is 0 Å². The van der Waals surface area contributed by atoms with Crippen molar-refractivity contribution in [3.63, 3.8) is 0 Å². The number of nitrogens with zero attached hydrogens (tertiary/aromatic N) is 1. The number of amides is 2. The van der Waals surface area contributed by atoms with E-state index in [1.807, 2.05) is 11.6 Å². The molecule has 0 bridgehead atoms. The molecule has 1 heterocycles. The smallest absolute Gasteiger partial charge is 0.194 e. The third-order valence-electron chi connectivity index (χ3n) is 3.26. The van der Waals surface area contributed by atoms with Gasteiger partial charge in [0.2, 0.25) is 0 Å². The van der Waals surface area contributed by atoms with E-state index in [1.165, 1.54) is 16.7 Å². The Morgan fingerprint density at radius 3 is 3.05 bits per heavy atom. The van der Waals surface area contributed by atoms with Gasteiger partial charge in [0.05, 0.1) is 0 Å². The van der Waals surface area contributed by atoms with Crippen LogP contribution in [0.15, 0.2) is 18.2 Å². The van der Waals surface area contributed by atoms with Crippen molar-refractivity contribution in [1.82, 2.24) is 5.48 Å². The predicted molar refractivity (Wildman–Crippen MR) is 77.8 cm³/mol. The molecule has 19 heavy (non-hydrogen) atoms. The van der Waals surface area contributed by atoms with Gasteiger partial charge >= 0.3 is 6.03 Å². The highest BCUT2D eigenvalue weighted by Crippen LogP contribution is 2.13. The van der Waals surface area contributed by atoms with Crippen molar-refractivity contribution in [3.8, 4) is 0 Å². The molecule has 0 atom stereocenters. The first kappa shape index (κ1) is 14.1. The van der Waals surface area contributed by atoms with Crippen LogP contribution in [-0.2, 0) is 11.3 Å². The normalized spacial score (nSPS) is 14.3. The Bertz CT molecular complexity index is 500. The highest BCUT2D eigenvalue weighted by atomic mass is 32.2. The maximum absolute atomic E-state index is 11.6. The van der Waals surface area contributed by atoms with Gasteiger partial charge in [0.25, 0.3) is 0 Å². The molecule has 1 aliphatic rings. The van der Waals surface area contributed by atoms with Crippen LogP contribution in [0.5, 0.6) is 0 Å². The lowest BCUT2D eigenvalue weighted by Crippen LogP contribution is -2.33. The Balaban J connectivity index is 1.75. The molecule has 2 rings (SSSR count). The van der Waals surface area contributed by atoms with Crippen molar-refractivity contribution in [2.45, 2.75) is 20.3 Å². The Kier molecular flexibility index (Phi) is 4.99. The van der Waals surface area contributed by atoms with Gasteiger partial charge in [-0.15, -0.1) is 0 Å². The van der Waals surface area contributed by atoms with Gasteiger partial charge in [-0.25, -0.2) is 0 Å². The summed E-state index contributed by atoms with van der Waals surface area (Å²) in [6.07, 6.45) is 0.798. The van der Waals surface area contributed by atoms with Crippen LogP contribution in [0.3, 0.4) is 0 Å². The molecular weight excluding hydrogens is 260 g/mol. The SMILES string of the molecule is Cc1cccc(CCONC(=O)[N+]2=CSCC2)c1C. The van der Waals surface area contributed by atoms with E-state index in [0.29, 0.717) is 6.61 Å². The molecule has 0 saturated heterocycles. The van der Waals surface area contributed by atoms with Crippen LogP contribution in [0.25, 0.3) is 0 Å². The summed E-state index contributed by atoms with van der Waals surface area (Å²) in [6, 6.07) is 6.05. The zero-order chi connectivity index (χ0) is 13.7.